The lowest BCUT2D eigenvalue weighted by atomic mass is 9.81. The molecular formula is C44H38O11. The number of hydrogen-bond donors (Lipinski definition) is 8. The van der Waals surface area contributed by atoms with E-state index in [1.54, 1.807) is 24.3 Å². The fourth-order valence-electron chi connectivity index (χ4n) is 9.31. The summed E-state index contributed by atoms with van der Waals surface area (Å²) in [7, 11) is 0. The molecule has 0 radical (unpaired) electrons. The Morgan fingerprint density at radius 1 is 0.418 bits per heavy atom. The van der Waals surface area contributed by atoms with Gasteiger partial charge in [-0.05, 0) is 64.6 Å². The van der Waals surface area contributed by atoms with Crippen molar-refractivity contribution in [1.29, 1.82) is 0 Å². The van der Waals surface area contributed by atoms with Crippen LogP contribution in [0.1, 0.15) is 11.1 Å². The van der Waals surface area contributed by atoms with Crippen LogP contribution in [0, 0.1) is 0 Å². The van der Waals surface area contributed by atoms with Gasteiger partial charge in [0, 0.05) is 11.1 Å². The van der Waals surface area contributed by atoms with Gasteiger partial charge in [0.15, 0.2) is 0 Å². The second-order valence-electron chi connectivity index (χ2n) is 14.9. The number of hydrogen-bond acceptors (Lipinski definition) is 11. The van der Waals surface area contributed by atoms with E-state index < -0.39 is 73.6 Å². The molecule has 0 aliphatic carbocycles. The molecule has 0 spiro atoms. The van der Waals surface area contributed by atoms with Crippen molar-refractivity contribution in [2.75, 3.05) is 13.2 Å². The lowest BCUT2D eigenvalue weighted by Crippen LogP contribution is -2.70. The highest BCUT2D eigenvalue weighted by atomic mass is 16.8. The third kappa shape index (κ3) is 4.72. The monoisotopic (exact) mass is 742 g/mol. The van der Waals surface area contributed by atoms with Gasteiger partial charge in [0.1, 0.15) is 48.8 Å². The Labute approximate surface area is 313 Å². The van der Waals surface area contributed by atoms with Crippen LogP contribution in [0.2, 0.25) is 0 Å². The average molecular weight is 743 g/mol. The molecule has 8 aromatic carbocycles. The third-order valence-corrected chi connectivity index (χ3v) is 12.0. The van der Waals surface area contributed by atoms with Crippen LogP contribution in [0.25, 0.3) is 64.6 Å². The van der Waals surface area contributed by atoms with Crippen molar-refractivity contribution >= 4 is 64.6 Å². The van der Waals surface area contributed by atoms with Gasteiger partial charge in [-0.25, -0.2) is 0 Å². The van der Waals surface area contributed by atoms with Gasteiger partial charge >= 0.3 is 0 Å². The Balaban J connectivity index is 1.30. The predicted octanol–water partition coefficient (Wildman–Crippen LogP) is 3.45. The van der Waals surface area contributed by atoms with E-state index in [1.165, 1.54) is 0 Å². The number of rotatable bonds is 6. The number of aliphatic hydroxyl groups excluding tert-OH is 8. The van der Waals surface area contributed by atoms with Gasteiger partial charge in [0.2, 0.25) is 11.6 Å². The van der Waals surface area contributed by atoms with Gasteiger partial charge in [-0.1, -0.05) is 109 Å². The van der Waals surface area contributed by atoms with Crippen LogP contribution in [-0.2, 0) is 25.8 Å². The lowest BCUT2D eigenvalue weighted by Gasteiger charge is -2.55. The van der Waals surface area contributed by atoms with E-state index in [1.807, 2.05) is 84.9 Å². The second-order valence-corrected chi connectivity index (χ2v) is 14.9. The zero-order valence-electron chi connectivity index (χ0n) is 29.2. The Bertz CT molecular complexity index is 2510. The summed E-state index contributed by atoms with van der Waals surface area (Å²) in [4.78, 5) is 0. The Morgan fingerprint density at radius 3 is 1.11 bits per heavy atom. The summed E-state index contributed by atoms with van der Waals surface area (Å²) in [6, 6.07) is 34.0. The molecule has 2 aliphatic rings. The van der Waals surface area contributed by atoms with E-state index in [9.17, 15) is 40.9 Å². The maximum absolute atomic E-state index is 12.3. The summed E-state index contributed by atoms with van der Waals surface area (Å²) < 4.78 is 20.1. The molecule has 2 aliphatic heterocycles. The van der Waals surface area contributed by atoms with Crippen LogP contribution in [0.3, 0.4) is 0 Å². The van der Waals surface area contributed by atoms with Crippen molar-refractivity contribution in [3.05, 3.63) is 120 Å². The number of benzene rings is 8. The quantitative estimate of drug-likeness (QED) is 0.117. The zero-order valence-corrected chi connectivity index (χ0v) is 29.2. The van der Waals surface area contributed by atoms with Crippen molar-refractivity contribution in [3.8, 4) is 0 Å². The molecule has 2 heterocycles. The molecule has 0 amide bonds. The van der Waals surface area contributed by atoms with Gasteiger partial charge in [-0.15, -0.1) is 0 Å². The molecule has 10 rings (SSSR count). The largest absolute Gasteiger partial charge is 0.394 e. The Hall–Kier alpha value is -4.60. The molecule has 11 nitrogen and oxygen atoms in total. The summed E-state index contributed by atoms with van der Waals surface area (Å²) >= 11 is 0. The minimum atomic E-state index is -2.55. The number of ether oxygens (including phenoxy) is 3. The summed E-state index contributed by atoms with van der Waals surface area (Å²) in [5.74, 6) is -5.11. The van der Waals surface area contributed by atoms with Crippen LogP contribution in [0.15, 0.2) is 109 Å². The summed E-state index contributed by atoms with van der Waals surface area (Å²) in [5, 5.41) is 101. The van der Waals surface area contributed by atoms with Crippen molar-refractivity contribution in [3.63, 3.8) is 0 Å². The normalized spacial score (nSPS) is 31.9. The molecule has 8 aromatic rings. The summed E-state index contributed by atoms with van der Waals surface area (Å²) in [5.41, 5.74) is 0.313. The Morgan fingerprint density at radius 2 is 0.745 bits per heavy atom. The zero-order chi connectivity index (χ0) is 38.0. The topological polar surface area (TPSA) is 190 Å². The maximum atomic E-state index is 12.3. The third-order valence-electron chi connectivity index (χ3n) is 12.0. The van der Waals surface area contributed by atoms with Crippen molar-refractivity contribution in [2.24, 2.45) is 0 Å². The fourth-order valence-corrected chi connectivity index (χ4v) is 9.31. The van der Waals surface area contributed by atoms with Crippen LogP contribution < -0.4 is 0 Å². The van der Waals surface area contributed by atoms with E-state index in [4.69, 9.17) is 14.2 Å². The van der Waals surface area contributed by atoms with Crippen molar-refractivity contribution in [1.82, 2.24) is 0 Å². The van der Waals surface area contributed by atoms with Gasteiger partial charge in [-0.3, -0.25) is 0 Å². The van der Waals surface area contributed by atoms with Gasteiger partial charge in [-0.2, -0.15) is 0 Å². The highest BCUT2D eigenvalue weighted by Gasteiger charge is 2.65. The van der Waals surface area contributed by atoms with E-state index in [0.717, 1.165) is 53.9 Å². The molecule has 10 atom stereocenters. The molecule has 55 heavy (non-hydrogen) atoms. The summed E-state index contributed by atoms with van der Waals surface area (Å²) in [6.07, 6.45) is -14.7. The van der Waals surface area contributed by atoms with Crippen LogP contribution in [-0.4, -0.2) is 103 Å². The first-order chi connectivity index (χ1) is 26.6. The first-order valence-corrected chi connectivity index (χ1v) is 18.3. The van der Waals surface area contributed by atoms with E-state index in [-0.39, 0.29) is 11.1 Å². The second kappa shape index (κ2) is 12.5. The SMILES string of the molecule is OC[C@H]1O[C@](O[C@]2(c3ccc4ccc5cccc6ccc3c4c56)O[C@H](CO)[C@H](O)[C@H](O)[C@H]2O)(c2ccc3ccc4cccc5ccc2c3c45)[C@H](O)[C@@H](O)[C@H]1O. The van der Waals surface area contributed by atoms with Crippen LogP contribution >= 0.6 is 0 Å². The smallest absolute Gasteiger partial charge is 0.228 e. The standard InChI is InChI=1S/C44H38O11/c45-19-31-37(47)39(49)41(51)43(53-31,29-17-13-25-9-7-21-3-1-5-23-11-15-27(29)35(25)33(21)23)55-44(42(52)40(50)38(48)32(20-46)54-44)30-18-14-26-10-8-22-4-2-6-24-12-16-28(30)36(26)34(22)24/h1-18,31-32,37-42,45-52H,19-20H2/t31-,32-,37+,38+,39+,40+,41-,42-,43+,44+/m1/s1. The van der Waals surface area contributed by atoms with Gasteiger partial charge < -0.3 is 55.1 Å². The maximum Gasteiger partial charge on any atom is 0.228 e. The molecular weight excluding hydrogens is 704 g/mol. The average Bonchev–Trinajstić information content (AvgIpc) is 3.22. The summed E-state index contributed by atoms with van der Waals surface area (Å²) in [6.45, 7) is -1.62. The van der Waals surface area contributed by atoms with E-state index in [2.05, 4.69) is 0 Å². The molecule has 2 fully saturated rings. The highest BCUT2D eigenvalue weighted by Crippen LogP contribution is 2.53. The fraction of sp³-hybridized carbons (Fsp3) is 0.273. The first-order valence-electron chi connectivity index (χ1n) is 18.3. The molecule has 0 bridgehead atoms. The van der Waals surface area contributed by atoms with Gasteiger partial charge in [0.05, 0.1) is 13.2 Å². The molecule has 0 aromatic heterocycles. The Kier molecular flexibility index (Phi) is 7.89. The number of aliphatic hydroxyl groups is 8. The van der Waals surface area contributed by atoms with E-state index >= 15 is 0 Å². The highest BCUT2D eigenvalue weighted by molar-refractivity contribution is 6.24. The van der Waals surface area contributed by atoms with E-state index in [0.29, 0.717) is 10.8 Å². The molecule has 0 unspecified atom stereocenters. The van der Waals surface area contributed by atoms with Crippen molar-refractivity contribution in [2.45, 2.75) is 60.4 Å². The molecule has 8 N–H and O–H groups in total. The van der Waals surface area contributed by atoms with Crippen LogP contribution in [0.4, 0.5) is 0 Å². The molecule has 280 valence electrons. The van der Waals surface area contributed by atoms with Gasteiger partial charge in [0.25, 0.3) is 0 Å². The minimum Gasteiger partial charge on any atom is -0.394 e. The predicted molar refractivity (Wildman–Crippen MR) is 205 cm³/mol. The first kappa shape index (κ1) is 34.9. The molecule has 0 saturated carbocycles. The molecule has 11 heteroatoms. The minimum absolute atomic E-state index is 0.157. The van der Waals surface area contributed by atoms with Crippen LogP contribution in [0.5, 0.6) is 0 Å². The lowest BCUT2D eigenvalue weighted by molar-refractivity contribution is -0.473. The molecule has 2 saturated heterocycles. The van der Waals surface area contributed by atoms with Crippen molar-refractivity contribution < 1.29 is 55.1 Å².